The van der Waals surface area contributed by atoms with Gasteiger partial charge < -0.3 is 5.73 Å². The van der Waals surface area contributed by atoms with Gasteiger partial charge in [0.2, 0.25) is 0 Å². The first-order chi connectivity index (χ1) is 5.04. The Morgan fingerprint density at radius 1 is 1.50 bits per heavy atom. The summed E-state index contributed by atoms with van der Waals surface area (Å²) in [4.78, 5) is 0. The van der Waals surface area contributed by atoms with Gasteiger partial charge in [-0.1, -0.05) is 0 Å². The predicted octanol–water partition coefficient (Wildman–Crippen LogP) is 1.24. The van der Waals surface area contributed by atoms with E-state index in [1.165, 1.54) is 0 Å². The highest BCUT2D eigenvalue weighted by Crippen LogP contribution is 2.20. The van der Waals surface area contributed by atoms with Gasteiger partial charge in [-0.05, 0) is 0 Å². The summed E-state index contributed by atoms with van der Waals surface area (Å²) in [5, 5.41) is 3.07. The van der Waals surface area contributed by atoms with Crippen LogP contribution in [0, 0.1) is 0 Å². The van der Waals surface area contributed by atoms with Gasteiger partial charge in [-0.15, -0.1) is 25.6 Å². The van der Waals surface area contributed by atoms with Crippen LogP contribution in [0.5, 0.6) is 0 Å². The minimum atomic E-state index is -4.44. The molecule has 0 bridgehead atoms. The zero-order valence-electron chi connectivity index (χ0n) is 5.88. The van der Waals surface area contributed by atoms with Crippen LogP contribution in [-0.4, -0.2) is 9.78 Å². The fraction of sp³-hybridized carbons (Fsp3) is 0.400. The molecule has 1 heterocycles. The lowest BCUT2D eigenvalue weighted by molar-refractivity contribution is -0.212. The van der Waals surface area contributed by atoms with Crippen molar-refractivity contribution in [3.63, 3.8) is 0 Å². The van der Waals surface area contributed by atoms with Crippen LogP contribution in [0.3, 0.4) is 0 Å². The number of nitrogens with two attached hydrogens (primary N) is 1. The van der Waals surface area contributed by atoms with Gasteiger partial charge in [0.15, 0.2) is 0 Å². The van der Waals surface area contributed by atoms with E-state index in [1.807, 2.05) is 0 Å². The Balaban J connectivity index is 0.00000121. The topological polar surface area (TPSA) is 43.8 Å². The molecule has 3 nitrogen and oxygen atoms in total. The highest BCUT2D eigenvalue weighted by molar-refractivity contribution is 5.85. The van der Waals surface area contributed by atoms with Crippen molar-refractivity contribution in [2.45, 2.75) is 12.8 Å². The van der Waals surface area contributed by atoms with Crippen molar-refractivity contribution in [2.75, 3.05) is 0 Å². The standard InChI is InChI=1S/C5H6F3N3.ClH/c6-5(7,8)11-3-4(1-9)2-10-11;/h2-3H,1,9H2;1H. The molecule has 0 radical (unpaired) electrons. The monoisotopic (exact) mass is 201 g/mol. The Bertz CT molecular complexity index is 244. The number of halogens is 4. The summed E-state index contributed by atoms with van der Waals surface area (Å²) in [6, 6.07) is 0. The van der Waals surface area contributed by atoms with Crippen molar-refractivity contribution >= 4 is 12.4 Å². The van der Waals surface area contributed by atoms with Gasteiger partial charge in [0.1, 0.15) is 0 Å². The molecule has 0 saturated carbocycles. The predicted molar refractivity (Wildman–Crippen MR) is 38.7 cm³/mol. The van der Waals surface area contributed by atoms with Crippen LogP contribution in [0.2, 0.25) is 0 Å². The first-order valence-corrected chi connectivity index (χ1v) is 2.85. The molecule has 0 unspecified atom stereocenters. The number of aromatic nitrogens is 2. The molecule has 0 amide bonds. The maximum atomic E-state index is 11.8. The van der Waals surface area contributed by atoms with Crippen LogP contribution < -0.4 is 5.73 Å². The Labute approximate surface area is 72.8 Å². The van der Waals surface area contributed by atoms with Gasteiger partial charge in [-0.3, -0.25) is 0 Å². The zero-order chi connectivity index (χ0) is 8.48. The van der Waals surface area contributed by atoms with Crippen molar-refractivity contribution in [3.05, 3.63) is 18.0 Å². The quantitative estimate of drug-likeness (QED) is 0.743. The molecule has 0 spiro atoms. The Kier molecular flexibility index (Phi) is 3.54. The summed E-state index contributed by atoms with van der Waals surface area (Å²) in [6.07, 6.45) is -2.49. The summed E-state index contributed by atoms with van der Waals surface area (Å²) in [7, 11) is 0. The molecule has 0 fully saturated rings. The molecule has 0 aliphatic rings. The number of hydrogen-bond acceptors (Lipinski definition) is 2. The van der Waals surface area contributed by atoms with Crippen molar-refractivity contribution in [1.82, 2.24) is 9.78 Å². The molecule has 1 aromatic heterocycles. The van der Waals surface area contributed by atoms with Crippen LogP contribution in [0.25, 0.3) is 0 Å². The summed E-state index contributed by atoms with van der Waals surface area (Å²) in [5.74, 6) is 0. The Morgan fingerprint density at radius 3 is 2.33 bits per heavy atom. The first-order valence-electron chi connectivity index (χ1n) is 2.85. The van der Waals surface area contributed by atoms with Gasteiger partial charge in [0.25, 0.3) is 0 Å². The van der Waals surface area contributed by atoms with Crippen molar-refractivity contribution < 1.29 is 13.2 Å². The van der Waals surface area contributed by atoms with Crippen LogP contribution in [0.15, 0.2) is 12.4 Å². The fourth-order valence-electron chi connectivity index (χ4n) is 0.604. The van der Waals surface area contributed by atoms with Gasteiger partial charge in [-0.25, -0.2) is 0 Å². The molecule has 0 saturated heterocycles. The van der Waals surface area contributed by atoms with Crippen LogP contribution >= 0.6 is 12.4 Å². The molecule has 0 aromatic carbocycles. The van der Waals surface area contributed by atoms with E-state index in [-0.39, 0.29) is 23.6 Å². The average Bonchev–Trinajstić information content (AvgIpc) is 2.32. The van der Waals surface area contributed by atoms with E-state index in [2.05, 4.69) is 5.10 Å². The number of nitrogens with zero attached hydrogens (tertiary/aromatic N) is 2. The lowest BCUT2D eigenvalue weighted by Crippen LogP contribution is -2.16. The SMILES string of the molecule is Cl.NCc1cnn(C(F)(F)F)c1. The van der Waals surface area contributed by atoms with Crippen molar-refractivity contribution in [3.8, 4) is 0 Å². The second kappa shape index (κ2) is 3.77. The molecule has 1 rings (SSSR count). The molecule has 0 atom stereocenters. The van der Waals surface area contributed by atoms with E-state index in [9.17, 15) is 13.2 Å². The maximum absolute atomic E-state index is 11.8. The highest BCUT2D eigenvalue weighted by atomic mass is 35.5. The van der Waals surface area contributed by atoms with Crippen LogP contribution in [-0.2, 0) is 12.8 Å². The van der Waals surface area contributed by atoms with Gasteiger partial charge >= 0.3 is 6.30 Å². The molecule has 1 aromatic rings. The smallest absolute Gasteiger partial charge is 0.326 e. The van der Waals surface area contributed by atoms with E-state index in [1.54, 1.807) is 0 Å². The minimum Gasteiger partial charge on any atom is -0.326 e. The zero-order valence-corrected chi connectivity index (χ0v) is 6.69. The maximum Gasteiger partial charge on any atom is 0.504 e. The molecule has 12 heavy (non-hydrogen) atoms. The second-order valence-electron chi connectivity index (χ2n) is 1.97. The fourth-order valence-corrected chi connectivity index (χ4v) is 0.604. The molecule has 0 aliphatic carbocycles. The van der Waals surface area contributed by atoms with E-state index >= 15 is 0 Å². The third kappa shape index (κ3) is 2.38. The number of rotatable bonds is 1. The molecule has 0 aliphatic heterocycles. The Hall–Kier alpha value is -0.750. The van der Waals surface area contributed by atoms with Gasteiger partial charge in [-0.2, -0.15) is 9.78 Å². The molecular weight excluding hydrogens is 195 g/mol. The lowest BCUT2D eigenvalue weighted by atomic mass is 10.4. The average molecular weight is 202 g/mol. The molecule has 2 N–H and O–H groups in total. The number of hydrogen-bond donors (Lipinski definition) is 1. The molecule has 70 valence electrons. The summed E-state index contributed by atoms with van der Waals surface area (Å²) in [6.45, 7) is 0.0656. The lowest BCUT2D eigenvalue weighted by Gasteiger charge is -2.03. The van der Waals surface area contributed by atoms with Gasteiger partial charge in [0.05, 0.1) is 6.20 Å². The van der Waals surface area contributed by atoms with Gasteiger partial charge in [0, 0.05) is 18.3 Å². The second-order valence-corrected chi connectivity index (χ2v) is 1.97. The summed E-state index contributed by atoms with van der Waals surface area (Å²) in [5.41, 5.74) is 5.45. The van der Waals surface area contributed by atoms with Crippen LogP contribution in [0.4, 0.5) is 13.2 Å². The third-order valence-corrected chi connectivity index (χ3v) is 1.13. The molecule has 7 heteroatoms. The van der Waals surface area contributed by atoms with Crippen molar-refractivity contribution in [1.29, 1.82) is 0 Å². The van der Waals surface area contributed by atoms with E-state index < -0.39 is 6.30 Å². The normalized spacial score (nSPS) is 11.0. The van der Waals surface area contributed by atoms with Crippen molar-refractivity contribution in [2.24, 2.45) is 5.73 Å². The van der Waals surface area contributed by atoms with Crippen LogP contribution in [0.1, 0.15) is 5.56 Å². The first kappa shape index (κ1) is 11.2. The van der Waals surface area contributed by atoms with E-state index in [4.69, 9.17) is 5.73 Å². The Morgan fingerprint density at radius 2 is 2.08 bits per heavy atom. The number of alkyl halides is 3. The molecular formula is C5H7ClF3N3. The largest absolute Gasteiger partial charge is 0.504 e. The van der Waals surface area contributed by atoms with E-state index in [0.717, 1.165) is 12.4 Å². The summed E-state index contributed by atoms with van der Waals surface area (Å²) < 4.78 is 35.3. The minimum absolute atomic E-state index is 0. The third-order valence-electron chi connectivity index (χ3n) is 1.13. The highest BCUT2D eigenvalue weighted by Gasteiger charge is 2.31. The van der Waals surface area contributed by atoms with E-state index in [0.29, 0.717) is 5.56 Å². The summed E-state index contributed by atoms with van der Waals surface area (Å²) >= 11 is 0.